The predicted octanol–water partition coefficient (Wildman–Crippen LogP) is 7.08. The summed E-state index contributed by atoms with van der Waals surface area (Å²) in [6.07, 6.45) is 24.9. The van der Waals surface area contributed by atoms with E-state index < -0.39 is 43.4 Å². The number of aliphatic hydroxyl groups is 4. The Balaban J connectivity index is 2.35. The summed E-state index contributed by atoms with van der Waals surface area (Å²) in [5.41, 5.74) is 0. The van der Waals surface area contributed by atoms with Crippen LogP contribution in [0.25, 0.3) is 0 Å². The molecule has 0 amide bonds. The molecule has 0 aromatic carbocycles. The molecular weight excluding hydrogens is 600 g/mol. The molecule has 1 heterocycles. The van der Waals surface area contributed by atoms with Gasteiger partial charge in [-0.25, -0.2) is 0 Å². The Kier molecular flexibility index (Phi) is 28.5. The van der Waals surface area contributed by atoms with Gasteiger partial charge in [-0.1, -0.05) is 109 Å². The van der Waals surface area contributed by atoms with E-state index in [2.05, 4.69) is 38.2 Å². The first-order valence-corrected chi connectivity index (χ1v) is 18.9. The first-order chi connectivity index (χ1) is 22.9. The topological polar surface area (TPSA) is 135 Å². The second-order valence-corrected chi connectivity index (χ2v) is 13.0. The zero-order valence-corrected chi connectivity index (χ0v) is 29.8. The fraction of sp³-hybridized carbons (Fsp3) is 0.868. The van der Waals surface area contributed by atoms with Gasteiger partial charge in [0.25, 0.3) is 0 Å². The van der Waals surface area contributed by atoms with Crippen LogP contribution in [0, 0.1) is 0 Å². The zero-order valence-electron chi connectivity index (χ0n) is 29.8. The highest BCUT2D eigenvalue weighted by atomic mass is 16.7. The molecule has 4 N–H and O–H groups in total. The molecule has 276 valence electrons. The molecule has 1 saturated heterocycles. The van der Waals surface area contributed by atoms with Crippen molar-refractivity contribution in [3.05, 3.63) is 24.3 Å². The van der Waals surface area contributed by atoms with Gasteiger partial charge >= 0.3 is 5.97 Å². The van der Waals surface area contributed by atoms with Gasteiger partial charge in [-0.2, -0.15) is 0 Å². The standard InChI is InChI=1S/C38H70O9/c1-3-5-7-9-11-13-15-16-18-20-22-24-26-28-44-30-32(31-45-38-37(43)36(42)35(41)33(29-39)47-38)46-34(40)27-25-23-21-19-17-14-12-10-8-6-4-2/h10-13,32-33,35-39,41-43H,3-9,14-31H2,1-2H3/b12-10-,13-11-. The van der Waals surface area contributed by atoms with E-state index in [0.29, 0.717) is 13.0 Å². The molecule has 6 unspecified atom stereocenters. The highest BCUT2D eigenvalue weighted by molar-refractivity contribution is 5.69. The number of ether oxygens (including phenoxy) is 4. The van der Waals surface area contributed by atoms with E-state index in [1.165, 1.54) is 64.2 Å². The lowest BCUT2D eigenvalue weighted by atomic mass is 9.99. The number of carbonyl (C=O) groups excluding carboxylic acids is 1. The minimum atomic E-state index is -1.53. The van der Waals surface area contributed by atoms with Crippen molar-refractivity contribution in [3.63, 3.8) is 0 Å². The Morgan fingerprint density at radius 3 is 1.79 bits per heavy atom. The van der Waals surface area contributed by atoms with Crippen molar-refractivity contribution in [3.8, 4) is 0 Å². The molecule has 0 aliphatic carbocycles. The molecular formula is C38H70O9. The van der Waals surface area contributed by atoms with Crippen LogP contribution in [0.2, 0.25) is 0 Å². The van der Waals surface area contributed by atoms with Crippen LogP contribution in [0.15, 0.2) is 24.3 Å². The third-order valence-corrected chi connectivity index (χ3v) is 8.59. The maximum absolute atomic E-state index is 12.6. The number of carbonyl (C=O) groups is 1. The number of hydrogen-bond acceptors (Lipinski definition) is 9. The Hall–Kier alpha value is -1.33. The highest BCUT2D eigenvalue weighted by Crippen LogP contribution is 2.22. The number of allylic oxidation sites excluding steroid dienone is 4. The summed E-state index contributed by atoms with van der Waals surface area (Å²) < 4.78 is 22.7. The lowest BCUT2D eigenvalue weighted by Crippen LogP contribution is -2.59. The molecule has 1 aliphatic heterocycles. The van der Waals surface area contributed by atoms with Crippen LogP contribution in [0.3, 0.4) is 0 Å². The molecule has 0 aromatic heterocycles. The van der Waals surface area contributed by atoms with Gasteiger partial charge in [0.1, 0.15) is 30.5 Å². The number of aliphatic hydroxyl groups excluding tert-OH is 4. The fourth-order valence-corrected chi connectivity index (χ4v) is 5.52. The van der Waals surface area contributed by atoms with Gasteiger partial charge < -0.3 is 39.4 Å². The summed E-state index contributed by atoms with van der Waals surface area (Å²) in [5, 5.41) is 39.9. The Morgan fingerprint density at radius 2 is 1.19 bits per heavy atom. The van der Waals surface area contributed by atoms with E-state index in [-0.39, 0.29) is 19.2 Å². The molecule has 0 spiro atoms. The maximum atomic E-state index is 12.6. The van der Waals surface area contributed by atoms with Crippen molar-refractivity contribution in [2.24, 2.45) is 0 Å². The third-order valence-electron chi connectivity index (χ3n) is 8.59. The molecule has 1 fully saturated rings. The average molecular weight is 671 g/mol. The van der Waals surface area contributed by atoms with Gasteiger partial charge in [-0.05, 0) is 57.8 Å². The predicted molar refractivity (Wildman–Crippen MR) is 187 cm³/mol. The fourth-order valence-electron chi connectivity index (χ4n) is 5.52. The van der Waals surface area contributed by atoms with Gasteiger partial charge in [0.05, 0.1) is 19.8 Å². The number of rotatable bonds is 31. The molecule has 6 atom stereocenters. The molecule has 9 heteroatoms. The van der Waals surface area contributed by atoms with E-state index in [4.69, 9.17) is 18.9 Å². The lowest BCUT2D eigenvalue weighted by molar-refractivity contribution is -0.305. The molecule has 0 aromatic rings. The Labute approximate surface area is 286 Å². The van der Waals surface area contributed by atoms with E-state index >= 15 is 0 Å². The lowest BCUT2D eigenvalue weighted by Gasteiger charge is -2.39. The quantitative estimate of drug-likeness (QED) is 0.0347. The summed E-state index contributed by atoms with van der Waals surface area (Å²) in [5.74, 6) is -0.328. The molecule has 1 aliphatic rings. The maximum Gasteiger partial charge on any atom is 0.306 e. The summed E-state index contributed by atoms with van der Waals surface area (Å²) in [4.78, 5) is 12.6. The molecule has 9 nitrogen and oxygen atoms in total. The van der Waals surface area contributed by atoms with Crippen molar-refractivity contribution < 1.29 is 44.2 Å². The van der Waals surface area contributed by atoms with Crippen molar-refractivity contribution >= 4 is 5.97 Å². The highest BCUT2D eigenvalue weighted by Gasteiger charge is 2.44. The monoisotopic (exact) mass is 671 g/mol. The number of hydrogen-bond donors (Lipinski definition) is 4. The number of unbranched alkanes of at least 4 members (excludes halogenated alkanes) is 16. The van der Waals surface area contributed by atoms with Crippen molar-refractivity contribution in [2.75, 3.05) is 26.4 Å². The van der Waals surface area contributed by atoms with Crippen molar-refractivity contribution in [2.45, 2.75) is 185 Å². The van der Waals surface area contributed by atoms with E-state index in [1.54, 1.807) is 0 Å². The molecule has 0 bridgehead atoms. The van der Waals surface area contributed by atoms with Crippen LogP contribution in [-0.2, 0) is 23.7 Å². The van der Waals surface area contributed by atoms with Gasteiger partial charge in [-0.3, -0.25) is 4.79 Å². The number of esters is 1. The normalized spacial score (nSPS) is 22.4. The first kappa shape index (κ1) is 43.7. The molecule has 0 radical (unpaired) electrons. The minimum Gasteiger partial charge on any atom is -0.457 e. The Morgan fingerprint density at radius 1 is 0.660 bits per heavy atom. The van der Waals surface area contributed by atoms with Crippen LogP contribution < -0.4 is 0 Å². The van der Waals surface area contributed by atoms with Crippen LogP contribution >= 0.6 is 0 Å². The first-order valence-electron chi connectivity index (χ1n) is 18.9. The average Bonchev–Trinajstić information content (AvgIpc) is 3.07. The molecule has 1 rings (SSSR count). The van der Waals surface area contributed by atoms with Crippen molar-refractivity contribution in [1.82, 2.24) is 0 Å². The Bertz CT molecular complexity index is 772. The molecule has 47 heavy (non-hydrogen) atoms. The van der Waals surface area contributed by atoms with E-state index in [0.717, 1.165) is 64.2 Å². The van der Waals surface area contributed by atoms with Gasteiger partial charge in [0, 0.05) is 13.0 Å². The third kappa shape index (κ3) is 22.8. The second kappa shape index (κ2) is 30.7. The summed E-state index contributed by atoms with van der Waals surface area (Å²) in [6.45, 7) is 4.46. The SMILES string of the molecule is CCCC/C=C\CCCCCCCC(=O)OC(COCCCCCCCC/C=C\CCCCC)COC1OC(CO)C(O)C(O)C1O. The minimum absolute atomic E-state index is 0.118. The van der Waals surface area contributed by atoms with Gasteiger partial charge in [0.2, 0.25) is 0 Å². The zero-order chi connectivity index (χ0) is 34.4. The largest absolute Gasteiger partial charge is 0.457 e. The second-order valence-electron chi connectivity index (χ2n) is 13.0. The van der Waals surface area contributed by atoms with Gasteiger partial charge in [0.15, 0.2) is 6.29 Å². The molecule has 0 saturated carbocycles. The van der Waals surface area contributed by atoms with Crippen molar-refractivity contribution in [1.29, 1.82) is 0 Å². The summed E-state index contributed by atoms with van der Waals surface area (Å²) in [6, 6.07) is 0. The van der Waals surface area contributed by atoms with Crippen LogP contribution in [0.1, 0.15) is 149 Å². The van der Waals surface area contributed by atoms with Gasteiger partial charge in [-0.15, -0.1) is 0 Å². The van der Waals surface area contributed by atoms with E-state index in [1.807, 2.05) is 0 Å². The summed E-state index contributed by atoms with van der Waals surface area (Å²) >= 11 is 0. The van der Waals surface area contributed by atoms with Crippen LogP contribution in [-0.4, -0.2) is 89.6 Å². The smallest absolute Gasteiger partial charge is 0.306 e. The van der Waals surface area contributed by atoms with Crippen LogP contribution in [0.5, 0.6) is 0 Å². The van der Waals surface area contributed by atoms with E-state index in [9.17, 15) is 25.2 Å². The van der Waals surface area contributed by atoms with Crippen LogP contribution in [0.4, 0.5) is 0 Å². The summed E-state index contributed by atoms with van der Waals surface area (Å²) in [7, 11) is 0.